The molecule has 0 aliphatic heterocycles. The van der Waals surface area contributed by atoms with Gasteiger partial charge in [0.25, 0.3) is 5.91 Å². The van der Waals surface area contributed by atoms with E-state index in [1.165, 1.54) is 0 Å². The molecule has 0 saturated heterocycles. The van der Waals surface area contributed by atoms with Crippen molar-refractivity contribution in [2.24, 2.45) is 0 Å². The largest absolute Gasteiger partial charge is 0.482 e. The molecule has 0 fully saturated rings. The lowest BCUT2D eigenvalue weighted by Crippen LogP contribution is -2.27. The minimum absolute atomic E-state index is 0.0630. The zero-order chi connectivity index (χ0) is 17.5. The Morgan fingerprint density at radius 2 is 1.67 bits per heavy atom. The molecule has 0 unspecified atom stereocenters. The van der Waals surface area contributed by atoms with E-state index in [2.05, 4.69) is 5.32 Å². The summed E-state index contributed by atoms with van der Waals surface area (Å²) in [6, 6.07) is 13.0. The van der Waals surface area contributed by atoms with Crippen molar-refractivity contribution in [1.82, 2.24) is 5.32 Å². The number of amides is 1. The fourth-order valence-electron chi connectivity index (χ4n) is 2.48. The molecule has 2 aromatic carbocycles. The van der Waals surface area contributed by atoms with Crippen LogP contribution in [0.5, 0.6) is 5.75 Å². The van der Waals surface area contributed by atoms with Crippen molar-refractivity contribution in [2.45, 2.75) is 20.3 Å². The highest BCUT2D eigenvalue weighted by Gasteiger charge is 2.11. The molecule has 0 spiro atoms. The maximum Gasteiger partial charge on any atom is 0.341 e. The summed E-state index contributed by atoms with van der Waals surface area (Å²) in [5, 5.41) is 11.5. The summed E-state index contributed by atoms with van der Waals surface area (Å²) >= 11 is 0. The highest BCUT2D eigenvalue weighted by molar-refractivity contribution is 5.97. The molecule has 2 N–H and O–H groups in total. The average molecular weight is 327 g/mol. The minimum Gasteiger partial charge on any atom is -0.482 e. The Kier molecular flexibility index (Phi) is 5.95. The molecule has 0 aliphatic rings. The molecule has 24 heavy (non-hydrogen) atoms. The van der Waals surface area contributed by atoms with E-state index in [0.29, 0.717) is 18.7 Å². The highest BCUT2D eigenvalue weighted by atomic mass is 16.5. The molecule has 0 saturated carbocycles. The third-order valence-electron chi connectivity index (χ3n) is 3.69. The van der Waals surface area contributed by atoms with Gasteiger partial charge in [-0.15, -0.1) is 0 Å². The van der Waals surface area contributed by atoms with Crippen LogP contribution in [0.4, 0.5) is 0 Å². The molecule has 126 valence electrons. The quantitative estimate of drug-likeness (QED) is 0.820. The first-order chi connectivity index (χ1) is 11.5. The molecule has 5 nitrogen and oxygen atoms in total. The molecule has 0 atom stereocenters. The zero-order valence-corrected chi connectivity index (χ0v) is 13.8. The van der Waals surface area contributed by atoms with Crippen LogP contribution in [0.3, 0.4) is 0 Å². The lowest BCUT2D eigenvalue weighted by Gasteiger charge is -2.10. The van der Waals surface area contributed by atoms with Crippen LogP contribution in [0.25, 0.3) is 0 Å². The zero-order valence-electron chi connectivity index (χ0n) is 13.8. The number of carbonyl (C=O) groups is 2. The molecular formula is C19H21NO4. The van der Waals surface area contributed by atoms with E-state index in [1.807, 2.05) is 44.2 Å². The maximum absolute atomic E-state index is 12.3. The molecular weight excluding hydrogens is 306 g/mol. The number of benzene rings is 2. The number of aryl methyl sites for hydroxylation is 2. The Morgan fingerprint density at radius 3 is 2.25 bits per heavy atom. The molecule has 2 rings (SSSR count). The van der Waals surface area contributed by atoms with Crippen LogP contribution in [0.1, 0.15) is 27.0 Å². The number of carbonyl (C=O) groups excluding carboxylic acids is 1. The lowest BCUT2D eigenvalue weighted by atomic mass is 10.0. The molecule has 0 aromatic heterocycles. The van der Waals surface area contributed by atoms with E-state index in [0.717, 1.165) is 22.3 Å². The van der Waals surface area contributed by atoms with Gasteiger partial charge in [0.15, 0.2) is 6.61 Å². The molecule has 0 heterocycles. The molecule has 5 heteroatoms. The van der Waals surface area contributed by atoms with Crippen molar-refractivity contribution in [2.75, 3.05) is 13.2 Å². The number of nitrogens with one attached hydrogen (secondary N) is 1. The van der Waals surface area contributed by atoms with Gasteiger partial charge in [-0.05, 0) is 49.1 Å². The standard InChI is InChI=1S/C19H21NO4/c1-13-4-3-5-14(2)18(13)19(23)20-11-10-15-6-8-16(9-7-15)24-12-17(21)22/h3-9H,10-12H2,1-2H3,(H,20,23)(H,21,22). The van der Waals surface area contributed by atoms with E-state index in [-0.39, 0.29) is 12.5 Å². The van der Waals surface area contributed by atoms with Crippen LogP contribution in [-0.4, -0.2) is 30.1 Å². The van der Waals surface area contributed by atoms with Gasteiger partial charge in [-0.1, -0.05) is 30.3 Å². The third kappa shape index (κ3) is 4.84. The van der Waals surface area contributed by atoms with Crippen molar-refractivity contribution in [3.8, 4) is 5.75 Å². The highest BCUT2D eigenvalue weighted by Crippen LogP contribution is 2.14. The molecule has 0 radical (unpaired) electrons. The molecule has 2 aromatic rings. The fourth-order valence-corrected chi connectivity index (χ4v) is 2.48. The van der Waals surface area contributed by atoms with Gasteiger partial charge < -0.3 is 15.2 Å². The number of aliphatic carboxylic acids is 1. The van der Waals surface area contributed by atoms with Crippen LogP contribution < -0.4 is 10.1 Å². The second-order valence-corrected chi connectivity index (χ2v) is 5.60. The number of rotatable bonds is 7. The van der Waals surface area contributed by atoms with E-state index in [9.17, 15) is 9.59 Å². The number of hydrogen-bond donors (Lipinski definition) is 2. The van der Waals surface area contributed by atoms with Gasteiger partial charge in [0.05, 0.1) is 0 Å². The van der Waals surface area contributed by atoms with Crippen LogP contribution in [0.15, 0.2) is 42.5 Å². The number of ether oxygens (including phenoxy) is 1. The first kappa shape index (κ1) is 17.5. The van der Waals surface area contributed by atoms with E-state index in [1.54, 1.807) is 12.1 Å². The average Bonchev–Trinajstić information content (AvgIpc) is 2.54. The van der Waals surface area contributed by atoms with Gasteiger partial charge in [0.1, 0.15) is 5.75 Å². The smallest absolute Gasteiger partial charge is 0.341 e. The summed E-state index contributed by atoms with van der Waals surface area (Å²) in [7, 11) is 0. The van der Waals surface area contributed by atoms with Crippen molar-refractivity contribution >= 4 is 11.9 Å². The van der Waals surface area contributed by atoms with Gasteiger partial charge in [0, 0.05) is 12.1 Å². The normalized spacial score (nSPS) is 10.2. The van der Waals surface area contributed by atoms with Gasteiger partial charge in [-0.2, -0.15) is 0 Å². The minimum atomic E-state index is -1.01. The van der Waals surface area contributed by atoms with E-state index >= 15 is 0 Å². The van der Waals surface area contributed by atoms with Crippen LogP contribution >= 0.6 is 0 Å². The topological polar surface area (TPSA) is 75.6 Å². The predicted molar refractivity (Wildman–Crippen MR) is 91.5 cm³/mol. The molecule has 0 bridgehead atoms. The van der Waals surface area contributed by atoms with Crippen molar-refractivity contribution in [3.63, 3.8) is 0 Å². The van der Waals surface area contributed by atoms with Crippen LogP contribution in [0.2, 0.25) is 0 Å². The monoisotopic (exact) mass is 327 g/mol. The maximum atomic E-state index is 12.3. The van der Waals surface area contributed by atoms with Gasteiger partial charge >= 0.3 is 5.97 Å². The van der Waals surface area contributed by atoms with Crippen LogP contribution in [0, 0.1) is 13.8 Å². The summed E-state index contributed by atoms with van der Waals surface area (Å²) in [5.41, 5.74) is 3.70. The first-order valence-corrected chi connectivity index (χ1v) is 7.75. The van der Waals surface area contributed by atoms with Gasteiger partial charge in [0.2, 0.25) is 0 Å². The van der Waals surface area contributed by atoms with Crippen LogP contribution in [-0.2, 0) is 11.2 Å². The van der Waals surface area contributed by atoms with Gasteiger partial charge in [-0.25, -0.2) is 4.79 Å². The summed E-state index contributed by atoms with van der Waals surface area (Å²) in [6.45, 7) is 4.03. The summed E-state index contributed by atoms with van der Waals surface area (Å²) in [5.74, 6) is -0.555. The number of carboxylic acids is 1. The number of hydrogen-bond acceptors (Lipinski definition) is 3. The lowest BCUT2D eigenvalue weighted by molar-refractivity contribution is -0.139. The summed E-state index contributed by atoms with van der Waals surface area (Å²) in [6.07, 6.45) is 0.690. The molecule has 1 amide bonds. The predicted octanol–water partition coefficient (Wildman–Crippen LogP) is 2.74. The summed E-state index contributed by atoms with van der Waals surface area (Å²) < 4.78 is 5.08. The SMILES string of the molecule is Cc1cccc(C)c1C(=O)NCCc1ccc(OCC(=O)O)cc1. The Labute approximate surface area is 141 Å². The second-order valence-electron chi connectivity index (χ2n) is 5.60. The molecule has 0 aliphatic carbocycles. The Bertz CT molecular complexity index is 702. The van der Waals surface area contributed by atoms with E-state index < -0.39 is 5.97 Å². The summed E-state index contributed by atoms with van der Waals surface area (Å²) in [4.78, 5) is 22.7. The Balaban J connectivity index is 1.85. The second kappa shape index (κ2) is 8.15. The fraction of sp³-hybridized carbons (Fsp3) is 0.263. The van der Waals surface area contributed by atoms with Gasteiger partial charge in [-0.3, -0.25) is 4.79 Å². The van der Waals surface area contributed by atoms with E-state index in [4.69, 9.17) is 9.84 Å². The Morgan fingerprint density at radius 1 is 1.04 bits per heavy atom. The first-order valence-electron chi connectivity index (χ1n) is 7.75. The Hall–Kier alpha value is -2.82. The van der Waals surface area contributed by atoms with Crippen molar-refractivity contribution in [3.05, 3.63) is 64.7 Å². The third-order valence-corrected chi connectivity index (χ3v) is 3.69. The number of carboxylic acid groups (broad SMARTS) is 1. The van der Waals surface area contributed by atoms with Crippen molar-refractivity contribution in [1.29, 1.82) is 0 Å². The van der Waals surface area contributed by atoms with Crippen molar-refractivity contribution < 1.29 is 19.4 Å².